The number of hydrogen-bond donors (Lipinski definition) is 1. The van der Waals surface area contributed by atoms with E-state index < -0.39 is 0 Å². The van der Waals surface area contributed by atoms with Crippen LogP contribution in [-0.4, -0.2) is 18.0 Å². The summed E-state index contributed by atoms with van der Waals surface area (Å²) in [7, 11) is 2.19. The molecule has 1 aromatic rings. The molecule has 2 N–H and O–H groups in total. The van der Waals surface area contributed by atoms with Crippen molar-refractivity contribution in [2.24, 2.45) is 0 Å². The Morgan fingerprint density at radius 1 is 1.29 bits per heavy atom. The van der Waals surface area contributed by atoms with E-state index in [-0.39, 0.29) is 0 Å². The third kappa shape index (κ3) is 3.36. The highest BCUT2D eigenvalue weighted by Crippen LogP contribution is 2.25. The second-order valence-corrected chi connectivity index (χ2v) is 5.46. The molecule has 0 heterocycles. The molecule has 0 saturated heterocycles. The Balaban J connectivity index is 2.01. The van der Waals surface area contributed by atoms with E-state index in [1.54, 1.807) is 0 Å². The normalized spacial score (nSPS) is 17.6. The molecule has 0 bridgehead atoms. The lowest BCUT2D eigenvalue weighted by molar-refractivity contribution is 0.184. The van der Waals surface area contributed by atoms with E-state index in [0.29, 0.717) is 6.04 Å². The Morgan fingerprint density at radius 2 is 2.00 bits per heavy atom. The van der Waals surface area contributed by atoms with Crippen LogP contribution in [0.4, 0.5) is 5.69 Å². The van der Waals surface area contributed by atoms with Crippen LogP contribution < -0.4 is 5.73 Å². The second kappa shape index (κ2) is 5.74. The Bertz CT molecular complexity index is 372. The predicted molar refractivity (Wildman–Crippen MR) is 74.2 cm³/mol. The van der Waals surface area contributed by atoms with E-state index in [2.05, 4.69) is 11.9 Å². The summed E-state index contributed by atoms with van der Waals surface area (Å²) >= 11 is 6.20. The van der Waals surface area contributed by atoms with Crippen molar-refractivity contribution in [1.82, 2.24) is 4.90 Å². The molecule has 0 spiro atoms. The maximum absolute atomic E-state index is 6.20. The van der Waals surface area contributed by atoms with E-state index in [0.717, 1.165) is 22.8 Å². The number of halogens is 1. The van der Waals surface area contributed by atoms with Crippen LogP contribution in [0, 0.1) is 0 Å². The number of benzene rings is 1. The standard InChI is InChI=1S/C14H21ClN2/c1-17(13-5-3-2-4-6-13)10-11-9-12(16)7-8-14(11)15/h7-9,13H,2-6,10,16H2,1H3. The highest BCUT2D eigenvalue weighted by atomic mass is 35.5. The van der Waals surface area contributed by atoms with Gasteiger partial charge in [-0.15, -0.1) is 0 Å². The minimum Gasteiger partial charge on any atom is -0.399 e. The maximum Gasteiger partial charge on any atom is 0.0452 e. The molecule has 0 aliphatic heterocycles. The summed E-state index contributed by atoms with van der Waals surface area (Å²) in [5.41, 5.74) is 7.74. The molecular formula is C14H21ClN2. The molecule has 2 rings (SSSR count). The molecule has 17 heavy (non-hydrogen) atoms. The number of hydrogen-bond acceptors (Lipinski definition) is 2. The summed E-state index contributed by atoms with van der Waals surface area (Å²) in [5.74, 6) is 0. The minimum absolute atomic E-state index is 0.709. The van der Waals surface area contributed by atoms with E-state index in [1.807, 2.05) is 18.2 Å². The van der Waals surface area contributed by atoms with Gasteiger partial charge in [-0.25, -0.2) is 0 Å². The summed E-state index contributed by atoms with van der Waals surface area (Å²) < 4.78 is 0. The highest BCUT2D eigenvalue weighted by Gasteiger charge is 2.18. The van der Waals surface area contributed by atoms with Crippen molar-refractivity contribution in [2.45, 2.75) is 44.7 Å². The van der Waals surface area contributed by atoms with Crippen molar-refractivity contribution in [3.05, 3.63) is 28.8 Å². The molecule has 0 unspecified atom stereocenters. The number of anilines is 1. The van der Waals surface area contributed by atoms with E-state index >= 15 is 0 Å². The Hall–Kier alpha value is -0.730. The first-order chi connectivity index (χ1) is 8.16. The first-order valence-electron chi connectivity index (χ1n) is 6.41. The fraction of sp³-hybridized carbons (Fsp3) is 0.571. The maximum atomic E-state index is 6.20. The Labute approximate surface area is 109 Å². The van der Waals surface area contributed by atoms with E-state index in [4.69, 9.17) is 17.3 Å². The zero-order valence-corrected chi connectivity index (χ0v) is 11.2. The van der Waals surface area contributed by atoms with E-state index in [9.17, 15) is 0 Å². The lowest BCUT2D eigenvalue weighted by Crippen LogP contribution is -2.32. The van der Waals surface area contributed by atoms with Crippen LogP contribution in [0.5, 0.6) is 0 Å². The first kappa shape index (κ1) is 12.7. The van der Waals surface area contributed by atoms with Crippen LogP contribution in [0.1, 0.15) is 37.7 Å². The third-order valence-corrected chi connectivity index (χ3v) is 4.06. The zero-order chi connectivity index (χ0) is 12.3. The van der Waals surface area contributed by atoms with Gasteiger partial charge in [0.15, 0.2) is 0 Å². The molecule has 1 saturated carbocycles. The van der Waals surface area contributed by atoms with Gasteiger partial charge in [-0.1, -0.05) is 30.9 Å². The monoisotopic (exact) mass is 252 g/mol. The lowest BCUT2D eigenvalue weighted by atomic mass is 9.94. The smallest absolute Gasteiger partial charge is 0.0452 e. The molecule has 1 aliphatic carbocycles. The molecule has 94 valence electrons. The molecule has 3 heteroatoms. The van der Waals surface area contributed by atoms with Gasteiger partial charge in [0.2, 0.25) is 0 Å². The van der Waals surface area contributed by atoms with Crippen LogP contribution in [0.2, 0.25) is 5.02 Å². The summed E-state index contributed by atoms with van der Waals surface area (Å²) in [5, 5.41) is 0.821. The van der Waals surface area contributed by atoms with Crippen molar-refractivity contribution in [1.29, 1.82) is 0 Å². The molecule has 0 atom stereocenters. The molecule has 0 aromatic heterocycles. The fourth-order valence-corrected chi connectivity index (χ4v) is 2.81. The van der Waals surface area contributed by atoms with Crippen LogP contribution in [0.25, 0.3) is 0 Å². The second-order valence-electron chi connectivity index (χ2n) is 5.06. The van der Waals surface area contributed by atoms with Gasteiger partial charge in [-0.3, -0.25) is 4.90 Å². The minimum atomic E-state index is 0.709. The zero-order valence-electron chi connectivity index (χ0n) is 10.5. The molecule has 1 fully saturated rings. The molecule has 0 amide bonds. The summed E-state index contributed by atoms with van der Waals surface area (Å²) in [6.45, 7) is 0.897. The van der Waals surface area contributed by atoms with Crippen molar-refractivity contribution in [3.8, 4) is 0 Å². The summed E-state index contributed by atoms with van der Waals surface area (Å²) in [4.78, 5) is 2.42. The Kier molecular flexibility index (Phi) is 4.30. The third-order valence-electron chi connectivity index (χ3n) is 3.69. The molecular weight excluding hydrogens is 232 g/mol. The summed E-state index contributed by atoms with van der Waals surface area (Å²) in [6, 6.07) is 6.44. The van der Waals surface area contributed by atoms with Gasteiger partial charge in [0, 0.05) is 23.3 Å². The number of rotatable bonds is 3. The summed E-state index contributed by atoms with van der Waals surface area (Å²) in [6.07, 6.45) is 6.75. The number of nitrogen functional groups attached to an aromatic ring is 1. The Morgan fingerprint density at radius 3 is 2.71 bits per heavy atom. The molecule has 2 nitrogen and oxygen atoms in total. The molecule has 1 aliphatic rings. The average Bonchev–Trinajstić information content (AvgIpc) is 2.35. The highest BCUT2D eigenvalue weighted by molar-refractivity contribution is 6.31. The molecule has 1 aromatic carbocycles. The van der Waals surface area contributed by atoms with Crippen molar-refractivity contribution >= 4 is 17.3 Å². The predicted octanol–water partition coefficient (Wildman–Crippen LogP) is 3.69. The van der Waals surface area contributed by atoms with Crippen molar-refractivity contribution < 1.29 is 0 Å². The largest absolute Gasteiger partial charge is 0.399 e. The van der Waals surface area contributed by atoms with Crippen LogP contribution in [0.3, 0.4) is 0 Å². The van der Waals surface area contributed by atoms with Crippen molar-refractivity contribution in [3.63, 3.8) is 0 Å². The van der Waals surface area contributed by atoms with Gasteiger partial charge in [-0.2, -0.15) is 0 Å². The number of nitrogens with two attached hydrogens (primary N) is 1. The van der Waals surface area contributed by atoms with Gasteiger partial charge < -0.3 is 5.73 Å². The van der Waals surface area contributed by atoms with Gasteiger partial charge in [0.25, 0.3) is 0 Å². The fourth-order valence-electron chi connectivity index (χ4n) is 2.64. The average molecular weight is 253 g/mol. The van der Waals surface area contributed by atoms with Gasteiger partial charge >= 0.3 is 0 Å². The lowest BCUT2D eigenvalue weighted by Gasteiger charge is -2.31. The van der Waals surface area contributed by atoms with Crippen LogP contribution >= 0.6 is 11.6 Å². The van der Waals surface area contributed by atoms with Crippen LogP contribution in [0.15, 0.2) is 18.2 Å². The topological polar surface area (TPSA) is 29.3 Å². The van der Waals surface area contributed by atoms with Gasteiger partial charge in [-0.05, 0) is 43.7 Å². The van der Waals surface area contributed by atoms with Crippen molar-refractivity contribution in [2.75, 3.05) is 12.8 Å². The van der Waals surface area contributed by atoms with Gasteiger partial charge in [0.05, 0.1) is 0 Å². The number of nitrogens with zero attached hydrogens (tertiary/aromatic N) is 1. The SMILES string of the molecule is CN(Cc1cc(N)ccc1Cl)C1CCCCC1. The van der Waals surface area contributed by atoms with Gasteiger partial charge in [0.1, 0.15) is 0 Å². The van der Waals surface area contributed by atoms with E-state index in [1.165, 1.54) is 32.1 Å². The van der Waals surface area contributed by atoms with Crippen LogP contribution in [-0.2, 0) is 6.54 Å². The molecule has 0 radical (unpaired) electrons. The quantitative estimate of drug-likeness (QED) is 0.832. The first-order valence-corrected chi connectivity index (χ1v) is 6.79.